The minimum Gasteiger partial charge on any atom is -0.328 e. The van der Waals surface area contributed by atoms with Crippen LogP contribution in [0.25, 0.3) is 11.8 Å². The van der Waals surface area contributed by atoms with Crippen LogP contribution < -0.4 is 5.32 Å². The normalized spacial score (nSPS) is 16.3. The molecule has 1 aromatic heterocycles. The van der Waals surface area contributed by atoms with Crippen molar-refractivity contribution in [1.29, 1.82) is 0 Å². The maximum absolute atomic E-state index is 12.3. The van der Waals surface area contributed by atoms with Crippen molar-refractivity contribution in [2.75, 3.05) is 6.54 Å². The highest BCUT2D eigenvalue weighted by Crippen LogP contribution is 2.22. The van der Waals surface area contributed by atoms with Crippen LogP contribution in [0.15, 0.2) is 36.0 Å². The van der Waals surface area contributed by atoms with Crippen LogP contribution in [0.4, 0.5) is 0 Å². The van der Waals surface area contributed by atoms with E-state index >= 15 is 0 Å². The Morgan fingerprint density at radius 1 is 1.26 bits per heavy atom. The van der Waals surface area contributed by atoms with E-state index in [0.29, 0.717) is 17.4 Å². The number of nitrogens with one attached hydrogen (secondary N) is 1. The van der Waals surface area contributed by atoms with Crippen LogP contribution >= 0.6 is 12.2 Å². The molecule has 1 aliphatic rings. The van der Waals surface area contributed by atoms with E-state index in [4.69, 9.17) is 12.2 Å². The molecule has 0 atom stereocenters. The number of thiocarbonyl (C=S) groups is 1. The number of hydrogen-bond donors (Lipinski definition) is 1. The molecule has 1 saturated heterocycles. The highest BCUT2D eigenvalue weighted by Gasteiger charge is 2.29. The minimum atomic E-state index is -0.0937. The van der Waals surface area contributed by atoms with E-state index in [2.05, 4.69) is 10.4 Å². The Labute approximate surface area is 140 Å². The second-order valence-corrected chi connectivity index (χ2v) is 5.76. The van der Waals surface area contributed by atoms with Crippen LogP contribution in [0.2, 0.25) is 0 Å². The number of likely N-dealkylation sites (N-methyl/N-ethyl adjacent to an activating group) is 1. The zero-order valence-electron chi connectivity index (χ0n) is 13.3. The second-order valence-electron chi connectivity index (χ2n) is 5.37. The van der Waals surface area contributed by atoms with Gasteiger partial charge in [-0.15, -0.1) is 0 Å². The maximum Gasteiger partial charge on any atom is 0.276 e. The summed E-state index contributed by atoms with van der Waals surface area (Å²) in [4.78, 5) is 13.9. The molecule has 5 nitrogen and oxygen atoms in total. The van der Waals surface area contributed by atoms with Crippen molar-refractivity contribution >= 4 is 29.3 Å². The molecule has 1 amide bonds. The monoisotopic (exact) mass is 326 g/mol. The van der Waals surface area contributed by atoms with Gasteiger partial charge in [-0.2, -0.15) is 5.10 Å². The molecule has 0 bridgehead atoms. The van der Waals surface area contributed by atoms with Crippen molar-refractivity contribution in [1.82, 2.24) is 20.0 Å². The van der Waals surface area contributed by atoms with Crippen molar-refractivity contribution in [3.63, 3.8) is 0 Å². The summed E-state index contributed by atoms with van der Waals surface area (Å²) in [5.74, 6) is -0.0937. The lowest BCUT2D eigenvalue weighted by Gasteiger charge is -2.08. The van der Waals surface area contributed by atoms with Crippen molar-refractivity contribution in [2.45, 2.75) is 20.8 Å². The number of aryl methyl sites for hydroxylation is 1. The van der Waals surface area contributed by atoms with Crippen molar-refractivity contribution < 1.29 is 4.79 Å². The van der Waals surface area contributed by atoms with Crippen LogP contribution in [-0.2, 0) is 4.79 Å². The predicted octanol–water partition coefficient (Wildman–Crippen LogP) is 2.57. The molecule has 0 radical (unpaired) electrons. The number of amides is 1. The number of hydrogen-bond acceptors (Lipinski definition) is 3. The zero-order valence-corrected chi connectivity index (χ0v) is 14.1. The van der Waals surface area contributed by atoms with Gasteiger partial charge in [0.1, 0.15) is 5.70 Å². The van der Waals surface area contributed by atoms with E-state index in [1.807, 2.05) is 61.9 Å². The highest BCUT2D eigenvalue weighted by molar-refractivity contribution is 7.80. The van der Waals surface area contributed by atoms with Gasteiger partial charge in [-0.3, -0.25) is 9.69 Å². The Morgan fingerprint density at radius 3 is 2.57 bits per heavy atom. The Balaban J connectivity index is 2.02. The summed E-state index contributed by atoms with van der Waals surface area (Å²) in [5, 5.41) is 8.03. The van der Waals surface area contributed by atoms with Gasteiger partial charge in [0.2, 0.25) is 0 Å². The number of aromatic nitrogens is 2. The molecular formula is C17H18N4OS. The lowest BCUT2D eigenvalue weighted by atomic mass is 10.1. The van der Waals surface area contributed by atoms with Gasteiger partial charge in [0.05, 0.1) is 11.4 Å². The van der Waals surface area contributed by atoms with Crippen LogP contribution in [0.3, 0.4) is 0 Å². The Bertz CT molecular complexity index is 808. The average Bonchev–Trinajstić information content (AvgIpc) is 2.98. The number of carbonyl (C=O) groups excluding carboxylic acids is 1. The average molecular weight is 326 g/mol. The Kier molecular flexibility index (Phi) is 4.00. The molecule has 0 saturated carbocycles. The summed E-state index contributed by atoms with van der Waals surface area (Å²) in [6.45, 7) is 6.39. The molecule has 1 fully saturated rings. The van der Waals surface area contributed by atoms with E-state index in [1.165, 1.54) is 0 Å². The smallest absolute Gasteiger partial charge is 0.276 e. The van der Waals surface area contributed by atoms with Crippen LogP contribution in [-0.4, -0.2) is 32.2 Å². The third-order valence-corrected chi connectivity index (χ3v) is 4.24. The molecule has 1 aliphatic heterocycles. The third-order valence-electron chi connectivity index (χ3n) is 3.92. The first-order valence-electron chi connectivity index (χ1n) is 7.49. The summed E-state index contributed by atoms with van der Waals surface area (Å²) in [7, 11) is 0. The van der Waals surface area contributed by atoms with Crippen LogP contribution in [0, 0.1) is 13.8 Å². The molecule has 118 valence electrons. The zero-order chi connectivity index (χ0) is 16.6. The molecule has 1 N–H and O–H groups in total. The van der Waals surface area contributed by atoms with Gasteiger partial charge in [-0.25, -0.2) is 4.68 Å². The Morgan fingerprint density at radius 2 is 1.96 bits per heavy atom. The molecule has 2 aromatic rings. The van der Waals surface area contributed by atoms with Crippen LogP contribution in [0.5, 0.6) is 0 Å². The molecule has 23 heavy (non-hydrogen) atoms. The van der Waals surface area contributed by atoms with Crippen molar-refractivity contribution in [3.05, 3.63) is 53.0 Å². The van der Waals surface area contributed by atoms with Gasteiger partial charge in [0.15, 0.2) is 5.11 Å². The number of carbonyl (C=O) groups is 1. The number of nitrogens with zero attached hydrogens (tertiary/aromatic N) is 3. The molecule has 1 aromatic carbocycles. The van der Waals surface area contributed by atoms with Crippen molar-refractivity contribution in [2.24, 2.45) is 0 Å². The summed E-state index contributed by atoms with van der Waals surface area (Å²) in [6, 6.07) is 9.93. The topological polar surface area (TPSA) is 50.2 Å². The van der Waals surface area contributed by atoms with Gasteiger partial charge in [-0.1, -0.05) is 18.2 Å². The van der Waals surface area contributed by atoms with Gasteiger partial charge < -0.3 is 5.32 Å². The first-order chi connectivity index (χ1) is 11.0. The standard InChI is InChI=1S/C17H18N4OS/c1-4-20-16(22)15(18-17(20)23)10-14-11(2)19-21(12(14)3)13-8-6-5-7-9-13/h5-10H,4H2,1-3H3,(H,18,23)/b15-10+. The van der Waals surface area contributed by atoms with Gasteiger partial charge in [-0.05, 0) is 51.2 Å². The highest BCUT2D eigenvalue weighted by atomic mass is 32.1. The fourth-order valence-electron chi connectivity index (χ4n) is 2.69. The van der Waals surface area contributed by atoms with Gasteiger partial charge in [0.25, 0.3) is 5.91 Å². The van der Waals surface area contributed by atoms with Crippen molar-refractivity contribution in [3.8, 4) is 5.69 Å². The largest absolute Gasteiger partial charge is 0.328 e. The number of benzene rings is 1. The van der Waals surface area contributed by atoms with E-state index in [9.17, 15) is 4.79 Å². The lowest BCUT2D eigenvalue weighted by Crippen LogP contribution is -2.30. The minimum absolute atomic E-state index is 0.0937. The quantitative estimate of drug-likeness (QED) is 0.696. The molecular weight excluding hydrogens is 308 g/mol. The van der Waals surface area contributed by atoms with E-state index in [1.54, 1.807) is 4.90 Å². The lowest BCUT2D eigenvalue weighted by molar-refractivity contribution is -0.122. The molecule has 0 spiro atoms. The molecule has 3 rings (SSSR count). The molecule has 2 heterocycles. The Hall–Kier alpha value is -2.47. The summed E-state index contributed by atoms with van der Waals surface area (Å²) >= 11 is 5.19. The molecule has 0 aliphatic carbocycles. The fourth-order valence-corrected chi connectivity index (χ4v) is 3.01. The number of rotatable bonds is 3. The fraction of sp³-hybridized carbons (Fsp3) is 0.235. The number of para-hydroxylation sites is 1. The first kappa shape index (κ1) is 15.4. The second kappa shape index (κ2) is 5.96. The van der Waals surface area contributed by atoms with Gasteiger partial charge >= 0.3 is 0 Å². The van der Waals surface area contributed by atoms with E-state index in [0.717, 1.165) is 22.6 Å². The summed E-state index contributed by atoms with van der Waals surface area (Å²) in [6.07, 6.45) is 1.83. The molecule has 0 unspecified atom stereocenters. The van der Waals surface area contributed by atoms with E-state index < -0.39 is 0 Å². The van der Waals surface area contributed by atoms with Gasteiger partial charge in [0, 0.05) is 17.8 Å². The SMILES string of the molecule is CCN1C(=O)/C(=C\c2c(C)nn(-c3ccccc3)c2C)NC1=S. The van der Waals surface area contributed by atoms with Crippen LogP contribution in [0.1, 0.15) is 23.9 Å². The summed E-state index contributed by atoms with van der Waals surface area (Å²) < 4.78 is 1.89. The summed E-state index contributed by atoms with van der Waals surface area (Å²) in [5.41, 5.74) is 4.28. The maximum atomic E-state index is 12.3. The third kappa shape index (κ3) is 2.66. The first-order valence-corrected chi connectivity index (χ1v) is 7.90. The van der Waals surface area contributed by atoms with E-state index in [-0.39, 0.29) is 5.91 Å². The predicted molar refractivity (Wildman–Crippen MR) is 94.1 cm³/mol. The molecule has 6 heteroatoms.